The van der Waals surface area contributed by atoms with Gasteiger partial charge in [0.1, 0.15) is 0 Å². The fraction of sp³-hybridized carbons (Fsp3) is 0.118. The summed E-state index contributed by atoms with van der Waals surface area (Å²) in [4.78, 5) is 6.82. The van der Waals surface area contributed by atoms with Crippen LogP contribution >= 0.6 is 0 Å². The first-order valence-electron chi connectivity index (χ1n) is 6.39. The van der Waals surface area contributed by atoms with Crippen molar-refractivity contribution in [3.05, 3.63) is 78.3 Å². The van der Waals surface area contributed by atoms with Gasteiger partial charge < -0.3 is 4.90 Å². The van der Waals surface area contributed by atoms with Crippen molar-refractivity contribution in [3.63, 3.8) is 0 Å². The zero-order valence-electron chi connectivity index (χ0n) is 11.0. The molecule has 1 aliphatic rings. The van der Waals surface area contributed by atoms with E-state index in [9.17, 15) is 0 Å². The first kappa shape index (κ1) is 11.7. The molecule has 94 valence electrons. The van der Waals surface area contributed by atoms with Gasteiger partial charge in [0, 0.05) is 17.3 Å². The molecule has 2 aromatic rings. The highest BCUT2D eigenvalue weighted by Gasteiger charge is 2.08. The molecule has 0 unspecified atom stereocenters. The Balaban J connectivity index is 1.89. The second-order valence-corrected chi connectivity index (χ2v) is 4.82. The van der Waals surface area contributed by atoms with Gasteiger partial charge >= 0.3 is 0 Å². The average Bonchev–Trinajstić information content (AvgIpc) is 2.43. The first-order chi connectivity index (χ1) is 9.22. The van der Waals surface area contributed by atoms with Crippen molar-refractivity contribution in [2.45, 2.75) is 13.5 Å². The predicted molar refractivity (Wildman–Crippen MR) is 79.3 cm³/mol. The minimum atomic E-state index is 0.755. The Hall–Kier alpha value is -2.35. The van der Waals surface area contributed by atoms with Gasteiger partial charge in [-0.15, -0.1) is 0 Å². The topological polar surface area (TPSA) is 16.1 Å². The Morgan fingerprint density at radius 2 is 1.95 bits per heavy atom. The molecule has 0 saturated carbocycles. The number of benzene rings is 1. The van der Waals surface area contributed by atoms with Crippen molar-refractivity contribution in [2.75, 3.05) is 0 Å². The van der Waals surface area contributed by atoms with E-state index >= 15 is 0 Å². The molecule has 0 spiro atoms. The summed E-state index contributed by atoms with van der Waals surface area (Å²) in [5.74, 6) is 0. The molecule has 0 N–H and O–H groups in total. The molecule has 0 fully saturated rings. The minimum Gasteiger partial charge on any atom is -0.342 e. The van der Waals surface area contributed by atoms with E-state index in [2.05, 4.69) is 48.9 Å². The van der Waals surface area contributed by atoms with Crippen molar-refractivity contribution in [3.8, 4) is 0 Å². The lowest BCUT2D eigenvalue weighted by Crippen LogP contribution is -2.17. The van der Waals surface area contributed by atoms with Crippen LogP contribution in [-0.2, 0) is 6.54 Å². The zero-order chi connectivity index (χ0) is 13.2. The van der Waals surface area contributed by atoms with Crippen LogP contribution in [0.15, 0.2) is 72.6 Å². The number of hydrogen-bond donors (Lipinski definition) is 0. The molecule has 2 heterocycles. The quantitative estimate of drug-likeness (QED) is 0.797. The molecule has 0 atom stereocenters. The lowest BCUT2D eigenvalue weighted by atomic mass is 10.1. The van der Waals surface area contributed by atoms with Gasteiger partial charge in [-0.2, -0.15) is 0 Å². The van der Waals surface area contributed by atoms with Crippen LogP contribution in [-0.4, -0.2) is 9.88 Å². The molecule has 0 amide bonds. The monoisotopic (exact) mass is 248 g/mol. The molecule has 2 heteroatoms. The zero-order valence-corrected chi connectivity index (χ0v) is 11.0. The molecule has 19 heavy (non-hydrogen) atoms. The smallest absolute Gasteiger partial charge is 0.0706 e. The predicted octanol–water partition coefficient (Wildman–Crippen LogP) is 4.02. The van der Waals surface area contributed by atoms with E-state index in [4.69, 9.17) is 4.98 Å². The number of rotatable bonds is 2. The van der Waals surface area contributed by atoms with Crippen LogP contribution in [0.4, 0.5) is 0 Å². The number of allylic oxidation sites excluding steroid dienone is 3. The largest absolute Gasteiger partial charge is 0.342 e. The summed E-state index contributed by atoms with van der Waals surface area (Å²) in [5, 5.41) is 1.18. The second-order valence-electron chi connectivity index (χ2n) is 4.82. The molecule has 0 saturated heterocycles. The van der Waals surface area contributed by atoms with Crippen LogP contribution < -0.4 is 0 Å². The van der Waals surface area contributed by atoms with Gasteiger partial charge in [-0.1, -0.05) is 36.9 Å². The van der Waals surface area contributed by atoms with E-state index in [1.54, 1.807) is 0 Å². The van der Waals surface area contributed by atoms with Gasteiger partial charge in [0.2, 0.25) is 0 Å². The van der Waals surface area contributed by atoms with E-state index in [0.29, 0.717) is 0 Å². The van der Waals surface area contributed by atoms with Gasteiger partial charge in [-0.3, -0.25) is 4.98 Å². The van der Waals surface area contributed by atoms with Crippen molar-refractivity contribution in [1.82, 2.24) is 9.88 Å². The summed E-state index contributed by atoms with van der Waals surface area (Å²) in [6.45, 7) is 6.90. The van der Waals surface area contributed by atoms with Crippen LogP contribution in [0.1, 0.15) is 12.6 Å². The lowest BCUT2D eigenvalue weighted by molar-refractivity contribution is 0.462. The summed E-state index contributed by atoms with van der Waals surface area (Å²) >= 11 is 0. The maximum Gasteiger partial charge on any atom is 0.0706 e. The normalized spacial score (nSPS) is 14.9. The molecule has 0 bridgehead atoms. The number of para-hydroxylation sites is 1. The number of hydrogen-bond acceptors (Lipinski definition) is 2. The van der Waals surface area contributed by atoms with Gasteiger partial charge in [0.15, 0.2) is 0 Å². The van der Waals surface area contributed by atoms with Crippen molar-refractivity contribution in [1.29, 1.82) is 0 Å². The third-order valence-electron chi connectivity index (χ3n) is 3.26. The third kappa shape index (κ3) is 2.43. The van der Waals surface area contributed by atoms with Crippen LogP contribution in [0.3, 0.4) is 0 Å². The van der Waals surface area contributed by atoms with E-state index in [-0.39, 0.29) is 0 Å². The van der Waals surface area contributed by atoms with Gasteiger partial charge in [-0.25, -0.2) is 0 Å². The summed E-state index contributed by atoms with van der Waals surface area (Å²) in [7, 11) is 0. The van der Waals surface area contributed by atoms with Crippen molar-refractivity contribution < 1.29 is 0 Å². The summed E-state index contributed by atoms with van der Waals surface area (Å²) < 4.78 is 0. The fourth-order valence-corrected chi connectivity index (χ4v) is 2.21. The summed E-state index contributed by atoms with van der Waals surface area (Å²) in [6.07, 6.45) is 6.22. The number of pyridine rings is 1. The molecule has 1 aromatic heterocycles. The molecule has 2 nitrogen and oxygen atoms in total. The Bertz CT molecular complexity index is 695. The Morgan fingerprint density at radius 3 is 2.84 bits per heavy atom. The highest BCUT2D eigenvalue weighted by molar-refractivity contribution is 5.78. The Kier molecular flexibility index (Phi) is 2.92. The number of nitrogens with zero attached hydrogens (tertiary/aromatic N) is 2. The van der Waals surface area contributed by atoms with Crippen LogP contribution in [0.2, 0.25) is 0 Å². The van der Waals surface area contributed by atoms with Crippen LogP contribution in [0.5, 0.6) is 0 Å². The van der Waals surface area contributed by atoms with E-state index in [1.165, 1.54) is 11.0 Å². The number of fused-ring (bicyclic) bond motifs is 1. The Labute approximate surface area is 113 Å². The second kappa shape index (κ2) is 4.73. The summed E-state index contributed by atoms with van der Waals surface area (Å²) in [5.41, 5.74) is 4.33. The van der Waals surface area contributed by atoms with Crippen molar-refractivity contribution in [2.24, 2.45) is 0 Å². The SMILES string of the molecule is C=C1C=CC(C)=CN1Cc1ccc2ccccc2n1. The fourth-order valence-electron chi connectivity index (χ4n) is 2.21. The van der Waals surface area contributed by atoms with Crippen LogP contribution in [0, 0.1) is 0 Å². The maximum absolute atomic E-state index is 4.69. The van der Waals surface area contributed by atoms with Crippen LogP contribution in [0.25, 0.3) is 10.9 Å². The standard InChI is InChI=1S/C17H16N2/c1-13-7-8-14(2)19(11-13)12-16-10-9-15-5-3-4-6-17(15)18-16/h3-11H,2,12H2,1H3. The minimum absolute atomic E-state index is 0.755. The highest BCUT2D eigenvalue weighted by atomic mass is 15.1. The van der Waals surface area contributed by atoms with E-state index in [0.717, 1.165) is 23.5 Å². The van der Waals surface area contributed by atoms with E-state index < -0.39 is 0 Å². The number of aromatic nitrogens is 1. The van der Waals surface area contributed by atoms with Gasteiger partial charge in [0.25, 0.3) is 0 Å². The molecule has 3 rings (SSSR count). The lowest BCUT2D eigenvalue weighted by Gasteiger charge is -2.24. The van der Waals surface area contributed by atoms with E-state index in [1.807, 2.05) is 24.3 Å². The van der Waals surface area contributed by atoms with Gasteiger partial charge in [0.05, 0.1) is 17.8 Å². The molecule has 1 aliphatic heterocycles. The summed E-state index contributed by atoms with van der Waals surface area (Å²) in [6, 6.07) is 12.4. The molecular formula is C17H16N2. The first-order valence-corrected chi connectivity index (χ1v) is 6.39. The molecule has 0 radical (unpaired) electrons. The maximum atomic E-state index is 4.69. The Morgan fingerprint density at radius 1 is 1.11 bits per heavy atom. The highest BCUT2D eigenvalue weighted by Crippen LogP contribution is 2.19. The van der Waals surface area contributed by atoms with Crippen molar-refractivity contribution >= 4 is 10.9 Å². The third-order valence-corrected chi connectivity index (χ3v) is 3.26. The molecule has 1 aromatic carbocycles. The molecule has 0 aliphatic carbocycles. The van der Waals surface area contributed by atoms with Gasteiger partial charge in [-0.05, 0) is 30.7 Å². The average molecular weight is 248 g/mol. The molecular weight excluding hydrogens is 232 g/mol.